The van der Waals surface area contributed by atoms with Crippen LogP contribution >= 0.6 is 0 Å². The molecule has 8 nitrogen and oxygen atoms in total. The van der Waals surface area contributed by atoms with E-state index in [1.807, 2.05) is 30.3 Å². The smallest absolute Gasteiger partial charge is 0.261 e. The van der Waals surface area contributed by atoms with E-state index in [4.69, 9.17) is 4.74 Å². The number of para-hydroxylation sites is 1. The van der Waals surface area contributed by atoms with Gasteiger partial charge in [0.25, 0.3) is 5.56 Å². The van der Waals surface area contributed by atoms with Gasteiger partial charge >= 0.3 is 0 Å². The van der Waals surface area contributed by atoms with E-state index in [9.17, 15) is 9.59 Å². The molecule has 0 aliphatic carbocycles. The van der Waals surface area contributed by atoms with Gasteiger partial charge in [0.1, 0.15) is 12.6 Å². The number of hydrogen-bond donors (Lipinski definition) is 0. The third kappa shape index (κ3) is 3.84. The molecule has 0 unspecified atom stereocenters. The van der Waals surface area contributed by atoms with Crippen molar-refractivity contribution < 1.29 is 9.53 Å². The fraction of sp³-hybridized carbons (Fsp3) is 0.261. The number of carbonyl (C=O) groups is 1. The van der Waals surface area contributed by atoms with E-state index >= 15 is 0 Å². The van der Waals surface area contributed by atoms with Gasteiger partial charge in [-0.05, 0) is 18.2 Å². The van der Waals surface area contributed by atoms with Crippen molar-refractivity contribution in [2.24, 2.45) is 0 Å². The quantitative estimate of drug-likeness (QED) is 0.508. The lowest BCUT2D eigenvalue weighted by Crippen LogP contribution is -2.44. The topological polar surface area (TPSA) is 90.2 Å². The molecule has 2 aromatic heterocycles. The van der Waals surface area contributed by atoms with Crippen LogP contribution in [-0.2, 0) is 11.3 Å². The van der Waals surface area contributed by atoms with E-state index in [-0.39, 0.29) is 24.1 Å². The zero-order valence-corrected chi connectivity index (χ0v) is 16.8. The van der Waals surface area contributed by atoms with Crippen molar-refractivity contribution in [3.63, 3.8) is 0 Å². The minimum absolute atomic E-state index is 0.0169. The molecule has 0 saturated carbocycles. The molecular formula is C23H21N5O3. The first-order valence-corrected chi connectivity index (χ1v) is 10.3. The molecule has 5 rings (SSSR count). The average molecular weight is 415 g/mol. The highest BCUT2D eigenvalue weighted by molar-refractivity contribution is 5.85. The molecule has 0 bridgehead atoms. The summed E-state index contributed by atoms with van der Waals surface area (Å²) in [5, 5.41) is 10.6. The van der Waals surface area contributed by atoms with Gasteiger partial charge in [-0.15, -0.1) is 5.10 Å². The van der Waals surface area contributed by atoms with Gasteiger partial charge in [-0.2, -0.15) is 5.10 Å². The van der Waals surface area contributed by atoms with Crippen LogP contribution < -0.4 is 10.3 Å². The minimum atomic E-state index is -0.202. The van der Waals surface area contributed by atoms with Crippen LogP contribution in [0.15, 0.2) is 65.8 Å². The second-order valence-corrected chi connectivity index (χ2v) is 7.63. The van der Waals surface area contributed by atoms with E-state index in [0.29, 0.717) is 42.7 Å². The van der Waals surface area contributed by atoms with Crippen molar-refractivity contribution in [1.29, 1.82) is 0 Å². The first-order chi connectivity index (χ1) is 15.2. The Balaban J connectivity index is 1.23. The van der Waals surface area contributed by atoms with E-state index < -0.39 is 0 Å². The summed E-state index contributed by atoms with van der Waals surface area (Å²) in [7, 11) is 0. The number of fused-ring (bicyclic) bond motifs is 2. The molecule has 31 heavy (non-hydrogen) atoms. The van der Waals surface area contributed by atoms with Crippen LogP contribution in [0.1, 0.15) is 12.8 Å². The summed E-state index contributed by atoms with van der Waals surface area (Å²) in [5.74, 6) is 0.430. The van der Waals surface area contributed by atoms with Crippen LogP contribution in [0.25, 0.3) is 21.7 Å². The summed E-state index contributed by atoms with van der Waals surface area (Å²) in [4.78, 5) is 31.5. The summed E-state index contributed by atoms with van der Waals surface area (Å²) in [6.07, 6.45) is 4.52. The van der Waals surface area contributed by atoms with Crippen LogP contribution in [-0.4, -0.2) is 49.7 Å². The van der Waals surface area contributed by atoms with Crippen molar-refractivity contribution in [3.05, 3.63) is 71.4 Å². The number of benzene rings is 2. The molecule has 0 spiro atoms. The highest BCUT2D eigenvalue weighted by Gasteiger charge is 2.25. The van der Waals surface area contributed by atoms with Gasteiger partial charge in [-0.3, -0.25) is 14.2 Å². The van der Waals surface area contributed by atoms with Crippen LogP contribution in [0.3, 0.4) is 0 Å². The van der Waals surface area contributed by atoms with Crippen molar-refractivity contribution in [2.45, 2.75) is 25.5 Å². The molecule has 1 saturated heterocycles. The standard InChI is InChI=1S/C23H21N5O3/c29-21(14-28-15-24-20-8-4-3-7-19(20)23(28)30)27-11-9-17(10-12-27)31-22-18-6-2-1-5-16(18)13-25-26-22/h1-8,13,15,17H,9-12,14H2. The predicted octanol–water partition coefficient (Wildman–Crippen LogP) is 2.41. The molecule has 0 radical (unpaired) electrons. The van der Waals surface area contributed by atoms with Gasteiger partial charge in [0.15, 0.2) is 0 Å². The first-order valence-electron chi connectivity index (χ1n) is 10.3. The molecule has 156 valence electrons. The van der Waals surface area contributed by atoms with Crippen molar-refractivity contribution >= 4 is 27.6 Å². The van der Waals surface area contributed by atoms with Crippen LogP contribution in [0.4, 0.5) is 0 Å². The number of ether oxygens (including phenoxy) is 1. The molecule has 1 aliphatic rings. The van der Waals surface area contributed by atoms with Crippen molar-refractivity contribution in [1.82, 2.24) is 24.6 Å². The Hall–Kier alpha value is -3.81. The Morgan fingerprint density at radius 1 is 1.03 bits per heavy atom. The van der Waals surface area contributed by atoms with Crippen LogP contribution in [0.2, 0.25) is 0 Å². The summed E-state index contributed by atoms with van der Waals surface area (Å²) in [6.45, 7) is 1.12. The second kappa shape index (κ2) is 8.14. The number of rotatable bonds is 4. The Kier molecular flexibility index (Phi) is 5.03. The summed E-state index contributed by atoms with van der Waals surface area (Å²) < 4.78 is 7.48. The molecule has 0 N–H and O–H groups in total. The molecular weight excluding hydrogens is 394 g/mol. The number of hydrogen-bond acceptors (Lipinski definition) is 6. The maximum Gasteiger partial charge on any atom is 0.261 e. The average Bonchev–Trinajstić information content (AvgIpc) is 2.82. The molecule has 0 atom stereocenters. The summed E-state index contributed by atoms with van der Waals surface area (Å²) in [6, 6.07) is 15.0. The molecule has 1 amide bonds. The number of amides is 1. The molecule has 2 aromatic carbocycles. The largest absolute Gasteiger partial charge is 0.473 e. The lowest BCUT2D eigenvalue weighted by Gasteiger charge is -2.32. The van der Waals surface area contributed by atoms with E-state index in [0.717, 1.165) is 10.8 Å². The predicted molar refractivity (Wildman–Crippen MR) is 116 cm³/mol. The second-order valence-electron chi connectivity index (χ2n) is 7.63. The fourth-order valence-electron chi connectivity index (χ4n) is 3.93. The maximum absolute atomic E-state index is 12.8. The lowest BCUT2D eigenvalue weighted by atomic mass is 10.1. The number of piperidine rings is 1. The Labute approximate surface area is 178 Å². The lowest BCUT2D eigenvalue weighted by molar-refractivity contribution is -0.133. The zero-order valence-electron chi connectivity index (χ0n) is 16.8. The van der Waals surface area contributed by atoms with Gasteiger partial charge in [0.2, 0.25) is 11.8 Å². The van der Waals surface area contributed by atoms with Crippen molar-refractivity contribution in [2.75, 3.05) is 13.1 Å². The highest BCUT2D eigenvalue weighted by atomic mass is 16.5. The highest BCUT2D eigenvalue weighted by Crippen LogP contribution is 2.25. The fourth-order valence-corrected chi connectivity index (χ4v) is 3.93. The summed E-state index contributed by atoms with van der Waals surface area (Å²) >= 11 is 0. The Bertz CT molecular complexity index is 1310. The SMILES string of the molecule is O=C(Cn1cnc2ccccc2c1=O)N1CCC(Oc2nncc3ccccc23)CC1. The number of carbonyl (C=O) groups excluding carboxylic acids is 1. The zero-order chi connectivity index (χ0) is 21.2. The van der Waals surface area contributed by atoms with Gasteiger partial charge in [-0.25, -0.2) is 4.98 Å². The molecule has 1 fully saturated rings. The normalized spacial score (nSPS) is 14.8. The van der Waals surface area contributed by atoms with Gasteiger partial charge in [0, 0.05) is 36.7 Å². The van der Waals surface area contributed by atoms with Gasteiger partial charge in [-0.1, -0.05) is 30.3 Å². The number of nitrogens with zero attached hydrogens (tertiary/aromatic N) is 5. The van der Waals surface area contributed by atoms with Crippen LogP contribution in [0.5, 0.6) is 5.88 Å². The first kappa shape index (κ1) is 19.2. The van der Waals surface area contributed by atoms with E-state index in [1.165, 1.54) is 10.9 Å². The third-order valence-electron chi connectivity index (χ3n) is 5.65. The Morgan fingerprint density at radius 2 is 1.77 bits per heavy atom. The monoisotopic (exact) mass is 415 g/mol. The van der Waals surface area contributed by atoms with Crippen LogP contribution in [0, 0.1) is 0 Å². The summed E-state index contributed by atoms with van der Waals surface area (Å²) in [5.41, 5.74) is 0.428. The molecule has 1 aliphatic heterocycles. The molecule has 8 heteroatoms. The number of likely N-dealkylation sites (tertiary alicyclic amines) is 1. The molecule has 3 heterocycles. The Morgan fingerprint density at radius 3 is 2.61 bits per heavy atom. The minimum Gasteiger partial charge on any atom is -0.473 e. The maximum atomic E-state index is 12.8. The van der Waals surface area contributed by atoms with E-state index in [1.54, 1.807) is 29.3 Å². The number of aromatic nitrogens is 4. The van der Waals surface area contributed by atoms with E-state index in [2.05, 4.69) is 15.2 Å². The third-order valence-corrected chi connectivity index (χ3v) is 5.65. The van der Waals surface area contributed by atoms with Gasteiger partial charge < -0.3 is 9.64 Å². The molecule has 4 aromatic rings. The van der Waals surface area contributed by atoms with Gasteiger partial charge in [0.05, 0.1) is 23.4 Å². The van der Waals surface area contributed by atoms with Crippen molar-refractivity contribution in [3.8, 4) is 5.88 Å².